The number of hydrogen-bond acceptors (Lipinski definition) is 3. The zero-order valence-corrected chi connectivity index (χ0v) is 12.9. The second-order valence-electron chi connectivity index (χ2n) is 7.60. The lowest BCUT2D eigenvalue weighted by molar-refractivity contribution is 0.00996. The fraction of sp³-hybridized carbons (Fsp3) is 1.00. The molecule has 3 aliphatic carbocycles. The van der Waals surface area contributed by atoms with Crippen molar-refractivity contribution >= 4 is 0 Å². The highest BCUT2D eigenvalue weighted by Gasteiger charge is 2.38. The highest BCUT2D eigenvalue weighted by molar-refractivity contribution is 4.94. The van der Waals surface area contributed by atoms with Gasteiger partial charge >= 0.3 is 0 Å². The molecule has 1 N–H and O–H groups in total. The molecule has 3 nitrogen and oxygen atoms in total. The first-order chi connectivity index (χ1) is 9.90. The lowest BCUT2D eigenvalue weighted by Crippen LogP contribution is -2.58. The second kappa shape index (κ2) is 5.94. The lowest BCUT2D eigenvalue weighted by atomic mass is 9.78. The van der Waals surface area contributed by atoms with E-state index in [1.807, 2.05) is 0 Å². The van der Waals surface area contributed by atoms with Gasteiger partial charge in [-0.15, -0.1) is 0 Å². The largest absolute Gasteiger partial charge is 0.314 e. The van der Waals surface area contributed by atoms with Crippen molar-refractivity contribution in [3.8, 4) is 0 Å². The van der Waals surface area contributed by atoms with Crippen molar-refractivity contribution in [1.82, 2.24) is 15.1 Å². The van der Waals surface area contributed by atoms with E-state index in [9.17, 15) is 0 Å². The monoisotopic (exact) mass is 277 g/mol. The quantitative estimate of drug-likeness (QED) is 0.830. The minimum absolute atomic E-state index is 0.885. The van der Waals surface area contributed by atoms with E-state index in [1.54, 1.807) is 0 Å². The van der Waals surface area contributed by atoms with Crippen molar-refractivity contribution < 1.29 is 0 Å². The van der Waals surface area contributed by atoms with Crippen LogP contribution in [0, 0.1) is 5.92 Å². The smallest absolute Gasteiger partial charge is 0.0137 e. The third kappa shape index (κ3) is 2.90. The molecule has 3 heteroatoms. The third-order valence-electron chi connectivity index (χ3n) is 6.28. The SMILES string of the molecule is C1CCC(N2CCN(C3CCC3CNC3CC3)CC2)C1. The van der Waals surface area contributed by atoms with Crippen molar-refractivity contribution in [3.63, 3.8) is 0 Å². The van der Waals surface area contributed by atoms with Gasteiger partial charge in [0.05, 0.1) is 0 Å². The van der Waals surface area contributed by atoms with Gasteiger partial charge in [-0.2, -0.15) is 0 Å². The van der Waals surface area contributed by atoms with E-state index in [0.717, 1.165) is 24.0 Å². The number of rotatable bonds is 5. The predicted molar refractivity (Wildman–Crippen MR) is 82.9 cm³/mol. The summed E-state index contributed by atoms with van der Waals surface area (Å²) >= 11 is 0. The van der Waals surface area contributed by atoms with E-state index in [2.05, 4.69) is 15.1 Å². The number of hydrogen-bond donors (Lipinski definition) is 1. The lowest BCUT2D eigenvalue weighted by Gasteiger charge is -2.48. The van der Waals surface area contributed by atoms with Crippen LogP contribution in [0.25, 0.3) is 0 Å². The molecule has 0 spiro atoms. The Morgan fingerprint density at radius 2 is 1.45 bits per heavy atom. The molecule has 3 saturated carbocycles. The summed E-state index contributed by atoms with van der Waals surface area (Å²) in [4.78, 5) is 5.60. The molecule has 1 aliphatic heterocycles. The molecular formula is C17H31N3. The summed E-state index contributed by atoms with van der Waals surface area (Å²) in [6.45, 7) is 6.63. The molecule has 20 heavy (non-hydrogen) atoms. The molecular weight excluding hydrogens is 246 g/mol. The van der Waals surface area contributed by atoms with E-state index < -0.39 is 0 Å². The third-order valence-corrected chi connectivity index (χ3v) is 6.28. The highest BCUT2D eigenvalue weighted by Crippen LogP contribution is 2.34. The number of piperazine rings is 1. The van der Waals surface area contributed by atoms with Gasteiger partial charge in [0.25, 0.3) is 0 Å². The van der Waals surface area contributed by atoms with Crippen LogP contribution in [0.2, 0.25) is 0 Å². The van der Waals surface area contributed by atoms with Crippen LogP contribution in [-0.4, -0.2) is 60.6 Å². The molecule has 4 fully saturated rings. The van der Waals surface area contributed by atoms with Crippen molar-refractivity contribution in [1.29, 1.82) is 0 Å². The molecule has 0 bridgehead atoms. The second-order valence-corrected chi connectivity index (χ2v) is 7.60. The maximum atomic E-state index is 3.74. The molecule has 1 saturated heterocycles. The molecule has 0 aromatic heterocycles. The zero-order chi connectivity index (χ0) is 13.4. The Bertz CT molecular complexity index is 314. The van der Waals surface area contributed by atoms with Crippen LogP contribution in [0.5, 0.6) is 0 Å². The molecule has 0 aromatic carbocycles. The number of nitrogens with one attached hydrogen (secondary N) is 1. The average molecular weight is 277 g/mol. The first kappa shape index (κ1) is 13.5. The molecule has 114 valence electrons. The Labute approximate surface area is 124 Å². The van der Waals surface area contributed by atoms with Crippen LogP contribution in [-0.2, 0) is 0 Å². The van der Waals surface area contributed by atoms with E-state index in [-0.39, 0.29) is 0 Å². The molecule has 1 heterocycles. The molecule has 0 aromatic rings. The topological polar surface area (TPSA) is 18.5 Å². The normalized spacial score (nSPS) is 37.2. The minimum Gasteiger partial charge on any atom is -0.314 e. The van der Waals surface area contributed by atoms with E-state index >= 15 is 0 Å². The highest BCUT2D eigenvalue weighted by atomic mass is 15.3. The summed E-state index contributed by atoms with van der Waals surface area (Å²) in [5.41, 5.74) is 0. The van der Waals surface area contributed by atoms with Crippen LogP contribution >= 0.6 is 0 Å². The van der Waals surface area contributed by atoms with E-state index in [0.29, 0.717) is 0 Å². The summed E-state index contributed by atoms with van der Waals surface area (Å²) in [5.74, 6) is 0.952. The molecule has 2 unspecified atom stereocenters. The van der Waals surface area contributed by atoms with E-state index in [1.165, 1.54) is 84.1 Å². The first-order valence-electron chi connectivity index (χ1n) is 9.11. The van der Waals surface area contributed by atoms with Gasteiger partial charge in [0.15, 0.2) is 0 Å². The molecule has 4 aliphatic rings. The molecule has 4 rings (SSSR count). The van der Waals surface area contributed by atoms with Crippen LogP contribution in [0.3, 0.4) is 0 Å². The fourth-order valence-corrected chi connectivity index (χ4v) is 4.58. The van der Waals surface area contributed by atoms with Gasteiger partial charge < -0.3 is 5.32 Å². The van der Waals surface area contributed by atoms with Gasteiger partial charge in [-0.25, -0.2) is 0 Å². The predicted octanol–water partition coefficient (Wildman–Crippen LogP) is 2.08. The molecule has 2 atom stereocenters. The minimum atomic E-state index is 0.885. The Morgan fingerprint density at radius 1 is 0.750 bits per heavy atom. The molecule has 0 amide bonds. The van der Waals surface area contributed by atoms with Crippen molar-refractivity contribution in [3.05, 3.63) is 0 Å². The maximum Gasteiger partial charge on any atom is 0.0137 e. The standard InChI is InChI=1S/C17H31N3/c1-2-4-16(3-1)19-9-11-20(12-10-19)17-8-5-14(17)13-18-15-6-7-15/h14-18H,1-13H2. The summed E-state index contributed by atoms with van der Waals surface area (Å²) in [6.07, 6.45) is 11.7. The number of nitrogens with zero attached hydrogens (tertiary/aromatic N) is 2. The zero-order valence-electron chi connectivity index (χ0n) is 12.9. The maximum absolute atomic E-state index is 3.74. The van der Waals surface area contributed by atoms with Crippen molar-refractivity contribution in [2.24, 2.45) is 5.92 Å². The summed E-state index contributed by atoms with van der Waals surface area (Å²) < 4.78 is 0. The Balaban J connectivity index is 1.22. The summed E-state index contributed by atoms with van der Waals surface area (Å²) in [5, 5.41) is 3.74. The van der Waals surface area contributed by atoms with Crippen LogP contribution in [0.1, 0.15) is 51.4 Å². The first-order valence-corrected chi connectivity index (χ1v) is 9.11. The van der Waals surface area contributed by atoms with Gasteiger partial charge in [0.1, 0.15) is 0 Å². The summed E-state index contributed by atoms with van der Waals surface area (Å²) in [7, 11) is 0. The Kier molecular flexibility index (Phi) is 4.02. The van der Waals surface area contributed by atoms with Gasteiger partial charge in [-0.05, 0) is 51.0 Å². The van der Waals surface area contributed by atoms with E-state index in [4.69, 9.17) is 0 Å². The van der Waals surface area contributed by atoms with Crippen LogP contribution < -0.4 is 5.32 Å². The van der Waals surface area contributed by atoms with Crippen molar-refractivity contribution in [2.75, 3.05) is 32.7 Å². The van der Waals surface area contributed by atoms with Crippen molar-refractivity contribution in [2.45, 2.75) is 69.5 Å². The molecule has 0 radical (unpaired) electrons. The van der Waals surface area contributed by atoms with Gasteiger partial charge in [0.2, 0.25) is 0 Å². The Morgan fingerprint density at radius 3 is 2.05 bits per heavy atom. The van der Waals surface area contributed by atoms with Gasteiger partial charge in [-0.1, -0.05) is 12.8 Å². The fourth-order valence-electron chi connectivity index (χ4n) is 4.58. The van der Waals surface area contributed by atoms with Gasteiger partial charge in [-0.3, -0.25) is 9.80 Å². The van der Waals surface area contributed by atoms with Crippen LogP contribution in [0.15, 0.2) is 0 Å². The Hall–Kier alpha value is -0.120. The summed E-state index contributed by atoms with van der Waals surface area (Å²) in [6, 6.07) is 2.73. The van der Waals surface area contributed by atoms with Gasteiger partial charge in [0, 0.05) is 44.3 Å². The average Bonchev–Trinajstić information content (AvgIpc) is 3.11. The van der Waals surface area contributed by atoms with Crippen LogP contribution in [0.4, 0.5) is 0 Å².